The van der Waals surface area contributed by atoms with E-state index in [-0.39, 0.29) is 0 Å². The Bertz CT molecular complexity index is 382. The lowest BCUT2D eigenvalue weighted by atomic mass is 9.89. The lowest BCUT2D eigenvalue weighted by molar-refractivity contribution is 0.277. The smallest absolute Gasteiger partial charge is 0.123 e. The van der Waals surface area contributed by atoms with E-state index in [1.165, 1.54) is 11.1 Å². The van der Waals surface area contributed by atoms with Gasteiger partial charge in [-0.05, 0) is 31.0 Å². The molecule has 0 amide bonds. The van der Waals surface area contributed by atoms with Gasteiger partial charge >= 0.3 is 0 Å². The van der Waals surface area contributed by atoms with E-state index in [9.17, 15) is 0 Å². The highest BCUT2D eigenvalue weighted by atomic mass is 16.5. The zero-order chi connectivity index (χ0) is 10.8. The lowest BCUT2D eigenvalue weighted by Gasteiger charge is -2.26. The molecule has 2 rings (SSSR count). The van der Waals surface area contributed by atoms with Gasteiger partial charge in [0.05, 0.1) is 13.7 Å². The molecule has 2 heteroatoms. The first kappa shape index (κ1) is 10.1. The van der Waals surface area contributed by atoms with Crippen LogP contribution in [0.4, 0.5) is 0 Å². The van der Waals surface area contributed by atoms with E-state index in [1.54, 1.807) is 7.11 Å². The first-order valence-electron chi connectivity index (χ1n) is 5.20. The van der Waals surface area contributed by atoms with Crippen molar-refractivity contribution in [2.45, 2.75) is 19.3 Å². The highest BCUT2D eigenvalue weighted by Gasteiger charge is 2.22. The third kappa shape index (κ3) is 1.60. The number of fused-ring (bicyclic) bond motifs is 1. The van der Waals surface area contributed by atoms with E-state index in [2.05, 4.69) is 13.5 Å². The molecule has 1 heterocycles. The van der Waals surface area contributed by atoms with Gasteiger partial charge in [-0.1, -0.05) is 6.08 Å². The molecule has 0 saturated carbocycles. The van der Waals surface area contributed by atoms with Crippen LogP contribution in [-0.4, -0.2) is 13.7 Å². The van der Waals surface area contributed by atoms with Crippen molar-refractivity contribution in [1.82, 2.24) is 0 Å². The van der Waals surface area contributed by atoms with E-state index in [4.69, 9.17) is 9.47 Å². The summed E-state index contributed by atoms with van der Waals surface area (Å²) in [5, 5.41) is 0. The molecular weight excluding hydrogens is 188 g/mol. The van der Waals surface area contributed by atoms with Crippen molar-refractivity contribution in [3.05, 3.63) is 35.9 Å². The van der Waals surface area contributed by atoms with Gasteiger partial charge in [0.1, 0.15) is 11.5 Å². The monoisotopic (exact) mass is 204 g/mol. The van der Waals surface area contributed by atoms with Crippen molar-refractivity contribution >= 4 is 0 Å². The molecule has 0 aromatic heterocycles. The topological polar surface area (TPSA) is 18.5 Å². The van der Waals surface area contributed by atoms with Crippen molar-refractivity contribution in [1.29, 1.82) is 0 Å². The second kappa shape index (κ2) is 3.97. The Balaban J connectivity index is 2.55. The molecule has 0 fully saturated rings. The van der Waals surface area contributed by atoms with Gasteiger partial charge in [-0.15, -0.1) is 6.58 Å². The van der Waals surface area contributed by atoms with Gasteiger partial charge in [-0.3, -0.25) is 0 Å². The Kier molecular flexibility index (Phi) is 2.67. The molecule has 1 unspecified atom stereocenters. The summed E-state index contributed by atoms with van der Waals surface area (Å²) in [6.45, 7) is 6.73. The predicted molar refractivity (Wildman–Crippen MR) is 60.8 cm³/mol. The number of methoxy groups -OCH3 is 1. The minimum atomic E-state index is 0.392. The van der Waals surface area contributed by atoms with Gasteiger partial charge in [-0.2, -0.15) is 0 Å². The number of ether oxygens (including phenoxy) is 2. The first-order valence-corrected chi connectivity index (χ1v) is 5.20. The van der Waals surface area contributed by atoms with Crippen LogP contribution in [0.2, 0.25) is 0 Å². The van der Waals surface area contributed by atoms with Crippen LogP contribution in [0.1, 0.15) is 23.5 Å². The summed E-state index contributed by atoms with van der Waals surface area (Å²) in [5.41, 5.74) is 2.40. The molecular formula is C13H16O2. The molecule has 0 N–H and O–H groups in total. The maximum atomic E-state index is 5.63. The normalized spacial score (nSPS) is 18.9. The van der Waals surface area contributed by atoms with Gasteiger partial charge in [0.25, 0.3) is 0 Å². The molecule has 0 aliphatic carbocycles. The first-order chi connectivity index (χ1) is 7.27. The summed E-state index contributed by atoms with van der Waals surface area (Å²) in [6.07, 6.45) is 3.00. The summed E-state index contributed by atoms with van der Waals surface area (Å²) in [4.78, 5) is 0. The van der Waals surface area contributed by atoms with E-state index in [0.717, 1.165) is 24.5 Å². The summed E-state index contributed by atoms with van der Waals surface area (Å²) in [6, 6.07) is 3.94. The van der Waals surface area contributed by atoms with Crippen LogP contribution >= 0.6 is 0 Å². The van der Waals surface area contributed by atoms with Crippen molar-refractivity contribution < 1.29 is 9.47 Å². The molecule has 1 aliphatic heterocycles. The maximum Gasteiger partial charge on any atom is 0.123 e. The third-order valence-corrected chi connectivity index (χ3v) is 2.99. The van der Waals surface area contributed by atoms with E-state index < -0.39 is 0 Å². The SMILES string of the molecule is C=CC1CCOc2ccc(OC)c(C)c21. The van der Waals surface area contributed by atoms with Gasteiger partial charge in [0, 0.05) is 11.5 Å². The Morgan fingerprint density at radius 1 is 1.53 bits per heavy atom. The highest BCUT2D eigenvalue weighted by molar-refractivity contribution is 5.51. The van der Waals surface area contributed by atoms with E-state index in [0.29, 0.717) is 5.92 Å². The number of allylic oxidation sites excluding steroid dienone is 1. The largest absolute Gasteiger partial charge is 0.496 e. The van der Waals surface area contributed by atoms with Crippen LogP contribution in [0.5, 0.6) is 11.5 Å². The van der Waals surface area contributed by atoms with Gasteiger partial charge in [0.15, 0.2) is 0 Å². The standard InChI is InChI=1S/C13H16O2/c1-4-10-7-8-15-12-6-5-11(14-3)9(2)13(10)12/h4-6,10H,1,7-8H2,2-3H3. The predicted octanol–water partition coefficient (Wildman–Crippen LogP) is 3.06. The Hall–Kier alpha value is -1.44. The fourth-order valence-electron chi connectivity index (χ4n) is 2.17. The molecule has 1 aromatic carbocycles. The average molecular weight is 204 g/mol. The molecule has 80 valence electrons. The molecule has 1 aromatic rings. The molecule has 0 saturated heterocycles. The van der Waals surface area contributed by atoms with Crippen LogP contribution in [-0.2, 0) is 0 Å². The fourth-order valence-corrected chi connectivity index (χ4v) is 2.17. The molecule has 0 radical (unpaired) electrons. The molecule has 0 bridgehead atoms. The second-order valence-corrected chi connectivity index (χ2v) is 3.78. The van der Waals surface area contributed by atoms with Crippen LogP contribution in [0.25, 0.3) is 0 Å². The number of hydrogen-bond acceptors (Lipinski definition) is 2. The average Bonchev–Trinajstić information content (AvgIpc) is 2.29. The Morgan fingerprint density at radius 3 is 3.00 bits per heavy atom. The van der Waals surface area contributed by atoms with Crippen LogP contribution < -0.4 is 9.47 Å². The molecule has 15 heavy (non-hydrogen) atoms. The highest BCUT2D eigenvalue weighted by Crippen LogP contribution is 2.40. The summed E-state index contributed by atoms with van der Waals surface area (Å²) in [5.74, 6) is 2.29. The number of benzene rings is 1. The van der Waals surface area contributed by atoms with Gasteiger partial charge < -0.3 is 9.47 Å². The van der Waals surface area contributed by atoms with Crippen molar-refractivity contribution in [3.8, 4) is 11.5 Å². The third-order valence-electron chi connectivity index (χ3n) is 2.99. The van der Waals surface area contributed by atoms with Crippen LogP contribution in [0.15, 0.2) is 24.8 Å². The number of rotatable bonds is 2. The van der Waals surface area contributed by atoms with Crippen molar-refractivity contribution in [2.24, 2.45) is 0 Å². The zero-order valence-corrected chi connectivity index (χ0v) is 9.25. The van der Waals surface area contributed by atoms with Crippen molar-refractivity contribution in [3.63, 3.8) is 0 Å². The quantitative estimate of drug-likeness (QED) is 0.689. The van der Waals surface area contributed by atoms with Gasteiger partial charge in [-0.25, -0.2) is 0 Å². The van der Waals surface area contributed by atoms with Gasteiger partial charge in [0.2, 0.25) is 0 Å². The van der Waals surface area contributed by atoms with Crippen molar-refractivity contribution in [2.75, 3.05) is 13.7 Å². The molecule has 1 atom stereocenters. The Morgan fingerprint density at radius 2 is 2.33 bits per heavy atom. The fraction of sp³-hybridized carbons (Fsp3) is 0.385. The minimum absolute atomic E-state index is 0.392. The summed E-state index contributed by atoms with van der Waals surface area (Å²) >= 11 is 0. The summed E-state index contributed by atoms with van der Waals surface area (Å²) in [7, 11) is 1.70. The minimum Gasteiger partial charge on any atom is -0.496 e. The Labute approximate surface area is 90.5 Å². The van der Waals surface area contributed by atoms with Crippen LogP contribution in [0.3, 0.4) is 0 Å². The molecule has 1 aliphatic rings. The van der Waals surface area contributed by atoms with E-state index >= 15 is 0 Å². The summed E-state index contributed by atoms with van der Waals surface area (Å²) < 4.78 is 10.9. The maximum absolute atomic E-state index is 5.63. The lowest BCUT2D eigenvalue weighted by Crippen LogP contribution is -2.14. The number of hydrogen-bond donors (Lipinski definition) is 0. The van der Waals surface area contributed by atoms with E-state index in [1.807, 2.05) is 18.2 Å². The molecule has 0 spiro atoms. The molecule has 2 nitrogen and oxygen atoms in total. The zero-order valence-electron chi connectivity index (χ0n) is 9.25. The second-order valence-electron chi connectivity index (χ2n) is 3.78. The van der Waals surface area contributed by atoms with Crippen LogP contribution in [0, 0.1) is 6.92 Å².